The Bertz CT molecular complexity index is 1320. The highest BCUT2D eigenvalue weighted by Gasteiger charge is 2.55. The van der Waals surface area contributed by atoms with Crippen molar-refractivity contribution in [3.63, 3.8) is 0 Å². The highest BCUT2D eigenvalue weighted by Crippen LogP contribution is 2.39. The van der Waals surface area contributed by atoms with Crippen LogP contribution in [0.25, 0.3) is 6.08 Å². The van der Waals surface area contributed by atoms with E-state index in [9.17, 15) is 9.59 Å². The summed E-state index contributed by atoms with van der Waals surface area (Å²) < 4.78 is 21.7. The number of hydrogen-bond donors (Lipinski definition) is 0. The van der Waals surface area contributed by atoms with Gasteiger partial charge in [0.15, 0.2) is 17.3 Å². The lowest BCUT2D eigenvalue weighted by atomic mass is 10.0. The van der Waals surface area contributed by atoms with E-state index in [0.29, 0.717) is 46.8 Å². The second-order valence-electron chi connectivity index (χ2n) is 9.16. The zero-order chi connectivity index (χ0) is 26.7. The third-order valence-electron chi connectivity index (χ3n) is 6.99. The Morgan fingerprint density at radius 2 is 1.63 bits per heavy atom. The molecule has 5 rings (SSSR count). The minimum atomic E-state index is -0.437. The Morgan fingerprint density at radius 1 is 0.947 bits per heavy atom. The second kappa shape index (κ2) is 11.0. The van der Waals surface area contributed by atoms with Crippen molar-refractivity contribution in [2.24, 2.45) is 0 Å². The number of amides is 1. The molecule has 1 aromatic heterocycles. The lowest BCUT2D eigenvalue weighted by Gasteiger charge is -2.49. The molecule has 3 heterocycles. The summed E-state index contributed by atoms with van der Waals surface area (Å²) in [5, 5.41) is 0. The Kier molecular flexibility index (Phi) is 7.51. The number of benzene rings is 2. The van der Waals surface area contributed by atoms with Crippen molar-refractivity contribution in [2.75, 3.05) is 47.6 Å². The van der Waals surface area contributed by atoms with Crippen molar-refractivity contribution < 1.29 is 28.5 Å². The zero-order valence-electron chi connectivity index (χ0n) is 21.6. The average molecular weight is 535 g/mol. The molecule has 0 saturated carbocycles. The lowest BCUT2D eigenvalue weighted by molar-refractivity contribution is -0.176. The van der Waals surface area contributed by atoms with Gasteiger partial charge in [0.05, 0.1) is 44.3 Å². The van der Waals surface area contributed by atoms with E-state index in [-0.39, 0.29) is 11.7 Å². The van der Waals surface area contributed by atoms with Gasteiger partial charge in [0.25, 0.3) is 5.91 Å². The van der Waals surface area contributed by atoms with Crippen LogP contribution in [-0.2, 0) is 11.3 Å². The number of carbonyl (C=O) groups excluding carboxylic acids is 2. The van der Waals surface area contributed by atoms with E-state index in [4.69, 9.17) is 18.9 Å². The Labute approximate surface area is 226 Å². The molecule has 198 valence electrons. The van der Waals surface area contributed by atoms with Crippen LogP contribution in [0.15, 0.2) is 60.7 Å². The van der Waals surface area contributed by atoms with Crippen molar-refractivity contribution in [1.29, 1.82) is 0 Å². The highest BCUT2D eigenvalue weighted by molar-refractivity contribution is 7.16. The molecule has 0 radical (unpaired) electrons. The molecule has 2 aliphatic rings. The quantitative estimate of drug-likeness (QED) is 0.298. The van der Waals surface area contributed by atoms with Gasteiger partial charge in [-0.25, -0.2) is 0 Å². The fourth-order valence-electron chi connectivity index (χ4n) is 4.92. The lowest BCUT2D eigenvalue weighted by Crippen LogP contribution is -2.67. The molecule has 2 aliphatic heterocycles. The fraction of sp³-hybridized carbons (Fsp3) is 0.310. The molecule has 9 heteroatoms. The summed E-state index contributed by atoms with van der Waals surface area (Å²) in [7, 11) is 4.63. The summed E-state index contributed by atoms with van der Waals surface area (Å²) >= 11 is 1.21. The second-order valence-corrected chi connectivity index (χ2v) is 10.2. The molecule has 38 heavy (non-hydrogen) atoms. The monoisotopic (exact) mass is 534 g/mol. The Morgan fingerprint density at radius 3 is 2.24 bits per heavy atom. The largest absolute Gasteiger partial charge is 0.493 e. The van der Waals surface area contributed by atoms with E-state index in [0.717, 1.165) is 18.7 Å². The van der Waals surface area contributed by atoms with Gasteiger partial charge in [0.1, 0.15) is 5.66 Å². The Hall–Kier alpha value is -3.66. The number of rotatable bonds is 9. The van der Waals surface area contributed by atoms with Crippen LogP contribution in [-0.4, -0.2) is 74.8 Å². The minimum absolute atomic E-state index is 0.0680. The first-order valence-electron chi connectivity index (χ1n) is 12.3. The maximum atomic E-state index is 13.6. The number of nitrogens with zero attached hydrogens (tertiary/aromatic N) is 2. The van der Waals surface area contributed by atoms with E-state index in [1.165, 1.54) is 30.1 Å². The molecule has 2 fully saturated rings. The number of methoxy groups -OCH3 is 3. The Balaban J connectivity index is 1.30. The van der Waals surface area contributed by atoms with E-state index >= 15 is 0 Å². The van der Waals surface area contributed by atoms with Gasteiger partial charge in [-0.2, -0.15) is 0 Å². The molecule has 0 N–H and O–H groups in total. The molecule has 2 aromatic carbocycles. The van der Waals surface area contributed by atoms with Gasteiger partial charge in [-0.15, -0.1) is 11.3 Å². The standard InChI is InChI=1S/C29H30N2O6S/c1-34-23-15-21(16-24(35-2)27(23)36-3)9-10-22(32)25-11-12-26(38-25)28(33)31-14-13-30(29(31)18-37-19-29)17-20-7-5-4-6-8-20/h4-12,15-16H,13-14,17-19H2,1-3H3/b10-9+. The van der Waals surface area contributed by atoms with Gasteiger partial charge >= 0.3 is 0 Å². The highest BCUT2D eigenvalue weighted by atomic mass is 32.1. The normalized spacial score (nSPS) is 16.6. The van der Waals surface area contributed by atoms with Crippen LogP contribution in [0.3, 0.4) is 0 Å². The molecule has 0 unspecified atom stereocenters. The summed E-state index contributed by atoms with van der Waals surface area (Å²) in [4.78, 5) is 31.8. The van der Waals surface area contributed by atoms with Crippen molar-refractivity contribution in [3.05, 3.63) is 81.6 Å². The summed E-state index contributed by atoms with van der Waals surface area (Å²) in [6.45, 7) is 3.13. The van der Waals surface area contributed by atoms with Crippen LogP contribution < -0.4 is 14.2 Å². The third kappa shape index (κ3) is 4.80. The van der Waals surface area contributed by atoms with E-state index < -0.39 is 5.66 Å². The minimum Gasteiger partial charge on any atom is -0.493 e. The van der Waals surface area contributed by atoms with Crippen LogP contribution in [0.2, 0.25) is 0 Å². The van der Waals surface area contributed by atoms with Gasteiger partial charge < -0.3 is 23.8 Å². The van der Waals surface area contributed by atoms with Crippen molar-refractivity contribution in [2.45, 2.75) is 12.2 Å². The summed E-state index contributed by atoms with van der Waals surface area (Å²) in [5.41, 5.74) is 1.49. The van der Waals surface area contributed by atoms with E-state index in [1.54, 1.807) is 44.6 Å². The SMILES string of the molecule is COc1cc(/C=C/C(=O)c2ccc(C(=O)N3CCN(Cc4ccccc4)C34COC4)s2)cc(OC)c1OC. The van der Waals surface area contributed by atoms with Crippen LogP contribution in [0.5, 0.6) is 17.2 Å². The number of ether oxygens (including phenoxy) is 4. The summed E-state index contributed by atoms with van der Waals surface area (Å²) in [6, 6.07) is 17.2. The van der Waals surface area contributed by atoms with Crippen LogP contribution in [0, 0.1) is 0 Å². The van der Waals surface area contributed by atoms with Crippen LogP contribution in [0.4, 0.5) is 0 Å². The number of ketones is 1. The molecule has 0 aliphatic carbocycles. The van der Waals surface area contributed by atoms with Gasteiger partial charge in [-0.05, 0) is 41.5 Å². The molecule has 1 amide bonds. The predicted molar refractivity (Wildman–Crippen MR) is 145 cm³/mol. The topological polar surface area (TPSA) is 77.5 Å². The smallest absolute Gasteiger partial charge is 0.265 e. The first-order chi connectivity index (χ1) is 18.5. The van der Waals surface area contributed by atoms with Crippen molar-refractivity contribution in [3.8, 4) is 17.2 Å². The first kappa shape index (κ1) is 26.0. The molecule has 3 aromatic rings. The maximum absolute atomic E-state index is 13.6. The summed E-state index contributed by atoms with van der Waals surface area (Å²) in [6.07, 6.45) is 3.18. The van der Waals surface area contributed by atoms with Crippen molar-refractivity contribution in [1.82, 2.24) is 9.80 Å². The molecule has 0 bridgehead atoms. The molecule has 1 spiro atoms. The predicted octanol–water partition coefficient (Wildman–Crippen LogP) is 4.35. The maximum Gasteiger partial charge on any atom is 0.265 e. The van der Waals surface area contributed by atoms with E-state index in [1.807, 2.05) is 23.1 Å². The number of thiophene rings is 1. The third-order valence-corrected chi connectivity index (χ3v) is 8.07. The van der Waals surface area contributed by atoms with Gasteiger partial charge in [-0.1, -0.05) is 36.4 Å². The number of carbonyl (C=O) groups is 2. The van der Waals surface area contributed by atoms with Crippen LogP contribution >= 0.6 is 11.3 Å². The van der Waals surface area contributed by atoms with E-state index in [2.05, 4.69) is 17.0 Å². The molecule has 8 nitrogen and oxygen atoms in total. The van der Waals surface area contributed by atoms with Gasteiger partial charge in [0, 0.05) is 19.6 Å². The molecular weight excluding hydrogens is 504 g/mol. The molecule has 2 saturated heterocycles. The van der Waals surface area contributed by atoms with Crippen LogP contribution in [0.1, 0.15) is 30.5 Å². The average Bonchev–Trinajstić information content (AvgIpc) is 3.57. The van der Waals surface area contributed by atoms with Crippen molar-refractivity contribution >= 4 is 29.1 Å². The summed E-state index contributed by atoms with van der Waals surface area (Å²) in [5.74, 6) is 1.24. The molecular formula is C29H30N2O6S. The fourth-order valence-corrected chi connectivity index (χ4v) is 5.80. The number of hydrogen-bond acceptors (Lipinski definition) is 8. The van der Waals surface area contributed by atoms with Gasteiger partial charge in [-0.3, -0.25) is 14.5 Å². The first-order valence-corrected chi connectivity index (χ1v) is 13.1. The number of allylic oxidation sites excluding steroid dienone is 1. The van der Waals surface area contributed by atoms with Gasteiger partial charge in [0.2, 0.25) is 5.75 Å². The zero-order valence-corrected chi connectivity index (χ0v) is 22.5. The molecule has 0 atom stereocenters.